The van der Waals surface area contributed by atoms with Crippen molar-refractivity contribution in [1.82, 2.24) is 10.2 Å². The fourth-order valence-electron chi connectivity index (χ4n) is 1.89. The van der Waals surface area contributed by atoms with Crippen LogP contribution in [0.4, 0.5) is 0 Å². The molecule has 0 saturated heterocycles. The molecule has 0 bridgehead atoms. The molecule has 0 aliphatic rings. The summed E-state index contributed by atoms with van der Waals surface area (Å²) in [4.78, 5) is 2.50. The van der Waals surface area contributed by atoms with Crippen LogP contribution < -0.4 is 5.32 Å². The summed E-state index contributed by atoms with van der Waals surface area (Å²) in [6, 6.07) is 1.27. The van der Waals surface area contributed by atoms with E-state index in [9.17, 15) is 0 Å². The highest BCUT2D eigenvalue weighted by Gasteiger charge is 2.10. The van der Waals surface area contributed by atoms with Crippen molar-refractivity contribution in [1.29, 1.82) is 0 Å². The van der Waals surface area contributed by atoms with Gasteiger partial charge in [0, 0.05) is 12.1 Å². The van der Waals surface area contributed by atoms with Crippen molar-refractivity contribution in [3.8, 4) is 0 Å². The van der Waals surface area contributed by atoms with Crippen molar-refractivity contribution in [2.45, 2.75) is 66.5 Å². The molecule has 0 saturated carbocycles. The Bertz CT molecular complexity index is 153. The highest BCUT2D eigenvalue weighted by molar-refractivity contribution is 4.70. The lowest BCUT2D eigenvalue weighted by Crippen LogP contribution is -2.38. The second-order valence-corrected chi connectivity index (χ2v) is 5.27. The molecule has 0 radical (unpaired) electrons. The SMILES string of the molecule is CCN(CC)CCCC(C)NC(C)C(C)C. The number of hydrogen-bond donors (Lipinski definition) is 1. The Hall–Kier alpha value is -0.0800. The highest BCUT2D eigenvalue weighted by atomic mass is 15.1. The predicted molar refractivity (Wildman–Crippen MR) is 73.9 cm³/mol. The Morgan fingerprint density at radius 1 is 1.00 bits per heavy atom. The first-order valence-corrected chi connectivity index (χ1v) is 6.99. The van der Waals surface area contributed by atoms with Crippen LogP contribution in [0, 0.1) is 5.92 Å². The van der Waals surface area contributed by atoms with E-state index < -0.39 is 0 Å². The van der Waals surface area contributed by atoms with Crippen molar-refractivity contribution in [3.05, 3.63) is 0 Å². The maximum atomic E-state index is 3.67. The summed E-state index contributed by atoms with van der Waals surface area (Å²) in [6.07, 6.45) is 2.59. The zero-order valence-corrected chi connectivity index (χ0v) is 12.2. The van der Waals surface area contributed by atoms with E-state index in [1.54, 1.807) is 0 Å². The largest absolute Gasteiger partial charge is 0.312 e. The molecule has 0 rings (SSSR count). The summed E-state index contributed by atoms with van der Waals surface area (Å²) >= 11 is 0. The molecule has 0 aliphatic carbocycles. The van der Waals surface area contributed by atoms with Crippen LogP contribution in [0.25, 0.3) is 0 Å². The standard InChI is InChI=1S/C14H32N2/c1-7-16(8-2)11-9-10-13(5)15-14(6)12(3)4/h12-15H,7-11H2,1-6H3. The summed E-state index contributed by atoms with van der Waals surface area (Å²) in [7, 11) is 0. The minimum atomic E-state index is 0.628. The van der Waals surface area contributed by atoms with Gasteiger partial charge < -0.3 is 10.2 Å². The van der Waals surface area contributed by atoms with Crippen LogP contribution in [0.3, 0.4) is 0 Å². The Kier molecular flexibility index (Phi) is 8.96. The molecule has 0 spiro atoms. The normalized spacial score (nSPS) is 15.8. The van der Waals surface area contributed by atoms with Gasteiger partial charge in [-0.15, -0.1) is 0 Å². The third-order valence-electron chi connectivity index (χ3n) is 3.55. The van der Waals surface area contributed by atoms with Crippen LogP contribution in [-0.2, 0) is 0 Å². The number of nitrogens with zero attached hydrogens (tertiary/aromatic N) is 1. The van der Waals surface area contributed by atoms with Crippen molar-refractivity contribution < 1.29 is 0 Å². The monoisotopic (exact) mass is 228 g/mol. The van der Waals surface area contributed by atoms with Gasteiger partial charge in [0.1, 0.15) is 0 Å². The van der Waals surface area contributed by atoms with Crippen LogP contribution in [0.15, 0.2) is 0 Å². The average Bonchev–Trinajstić information content (AvgIpc) is 2.24. The molecule has 2 unspecified atom stereocenters. The molecular weight excluding hydrogens is 196 g/mol. The second-order valence-electron chi connectivity index (χ2n) is 5.27. The maximum absolute atomic E-state index is 3.67. The molecule has 0 amide bonds. The van der Waals surface area contributed by atoms with Gasteiger partial charge in [-0.25, -0.2) is 0 Å². The fraction of sp³-hybridized carbons (Fsp3) is 1.00. The molecule has 0 aromatic carbocycles. The smallest absolute Gasteiger partial charge is 0.00642 e. The summed E-state index contributed by atoms with van der Waals surface area (Å²) in [5, 5.41) is 3.67. The van der Waals surface area contributed by atoms with Gasteiger partial charge >= 0.3 is 0 Å². The molecule has 1 N–H and O–H groups in total. The number of rotatable bonds is 9. The maximum Gasteiger partial charge on any atom is 0.00642 e. The Morgan fingerprint density at radius 3 is 2.00 bits per heavy atom. The van der Waals surface area contributed by atoms with Gasteiger partial charge in [0.15, 0.2) is 0 Å². The Balaban J connectivity index is 3.61. The summed E-state index contributed by atoms with van der Waals surface area (Å²) in [6.45, 7) is 17.2. The van der Waals surface area contributed by atoms with Gasteiger partial charge in [-0.1, -0.05) is 27.7 Å². The highest BCUT2D eigenvalue weighted by Crippen LogP contribution is 2.05. The van der Waals surface area contributed by atoms with Crippen LogP contribution in [-0.4, -0.2) is 36.6 Å². The molecule has 0 aliphatic heterocycles. The first-order chi connectivity index (χ1) is 7.51. The van der Waals surface area contributed by atoms with Crippen LogP contribution in [0.2, 0.25) is 0 Å². The Morgan fingerprint density at radius 2 is 1.56 bits per heavy atom. The molecule has 2 nitrogen and oxygen atoms in total. The number of hydrogen-bond acceptors (Lipinski definition) is 2. The van der Waals surface area contributed by atoms with E-state index in [2.05, 4.69) is 51.8 Å². The van der Waals surface area contributed by atoms with Crippen molar-refractivity contribution in [3.63, 3.8) is 0 Å². The van der Waals surface area contributed by atoms with E-state index in [1.807, 2.05) is 0 Å². The quantitative estimate of drug-likeness (QED) is 0.652. The lowest BCUT2D eigenvalue weighted by atomic mass is 10.0. The van der Waals surface area contributed by atoms with E-state index in [0.29, 0.717) is 12.1 Å². The van der Waals surface area contributed by atoms with Gasteiger partial charge in [-0.3, -0.25) is 0 Å². The van der Waals surface area contributed by atoms with Gasteiger partial charge in [-0.2, -0.15) is 0 Å². The van der Waals surface area contributed by atoms with Crippen molar-refractivity contribution in [2.24, 2.45) is 5.92 Å². The zero-order chi connectivity index (χ0) is 12.6. The molecule has 0 heterocycles. The van der Waals surface area contributed by atoms with E-state index in [-0.39, 0.29) is 0 Å². The molecular formula is C14H32N2. The molecule has 98 valence electrons. The van der Waals surface area contributed by atoms with Gasteiger partial charge in [-0.05, 0) is 52.2 Å². The third kappa shape index (κ3) is 7.24. The molecule has 0 fully saturated rings. The molecule has 2 atom stereocenters. The number of nitrogens with one attached hydrogen (secondary N) is 1. The van der Waals surface area contributed by atoms with Crippen LogP contribution >= 0.6 is 0 Å². The topological polar surface area (TPSA) is 15.3 Å². The molecule has 2 heteroatoms. The predicted octanol–water partition coefficient (Wildman–Crippen LogP) is 3.13. The summed E-state index contributed by atoms with van der Waals surface area (Å²) in [5.41, 5.74) is 0. The zero-order valence-electron chi connectivity index (χ0n) is 12.2. The first kappa shape index (κ1) is 15.9. The Labute approximate surface area is 103 Å². The summed E-state index contributed by atoms with van der Waals surface area (Å²) in [5.74, 6) is 0.727. The van der Waals surface area contributed by atoms with Gasteiger partial charge in [0.2, 0.25) is 0 Å². The lowest BCUT2D eigenvalue weighted by Gasteiger charge is -2.24. The van der Waals surface area contributed by atoms with Crippen molar-refractivity contribution in [2.75, 3.05) is 19.6 Å². The van der Waals surface area contributed by atoms with E-state index in [1.165, 1.54) is 32.5 Å². The van der Waals surface area contributed by atoms with Crippen LogP contribution in [0.5, 0.6) is 0 Å². The minimum absolute atomic E-state index is 0.628. The molecule has 16 heavy (non-hydrogen) atoms. The third-order valence-corrected chi connectivity index (χ3v) is 3.55. The lowest BCUT2D eigenvalue weighted by molar-refractivity contribution is 0.284. The average molecular weight is 228 g/mol. The molecule has 0 aromatic heterocycles. The summed E-state index contributed by atoms with van der Waals surface area (Å²) < 4.78 is 0. The van der Waals surface area contributed by atoms with E-state index in [4.69, 9.17) is 0 Å². The van der Waals surface area contributed by atoms with Crippen molar-refractivity contribution >= 4 is 0 Å². The van der Waals surface area contributed by atoms with E-state index >= 15 is 0 Å². The second kappa shape index (κ2) is 9.00. The fourth-order valence-corrected chi connectivity index (χ4v) is 1.89. The van der Waals surface area contributed by atoms with E-state index in [0.717, 1.165) is 5.92 Å². The minimum Gasteiger partial charge on any atom is -0.312 e. The van der Waals surface area contributed by atoms with Gasteiger partial charge in [0.05, 0.1) is 0 Å². The molecule has 0 aromatic rings. The first-order valence-electron chi connectivity index (χ1n) is 6.99. The van der Waals surface area contributed by atoms with Gasteiger partial charge in [0.25, 0.3) is 0 Å². The van der Waals surface area contributed by atoms with Crippen LogP contribution in [0.1, 0.15) is 54.4 Å².